The summed E-state index contributed by atoms with van der Waals surface area (Å²) in [5.74, 6) is 0.241. The second-order valence-corrected chi connectivity index (χ2v) is 3.37. The minimum absolute atomic E-state index is 0.144. The van der Waals surface area contributed by atoms with Crippen LogP contribution in [0.3, 0.4) is 0 Å². The van der Waals surface area contributed by atoms with E-state index >= 15 is 0 Å². The zero-order chi connectivity index (χ0) is 8.43. The largest absolute Gasteiger partial charge is 0.347 e. The zero-order valence-corrected chi connectivity index (χ0v) is 7.50. The zero-order valence-electron chi connectivity index (χ0n) is 7.50. The summed E-state index contributed by atoms with van der Waals surface area (Å²) in [4.78, 5) is 15.2. The Kier molecular flexibility index (Phi) is 2.49. The fraction of sp³-hybridized carbons (Fsp3) is 0.875. The van der Waals surface area contributed by atoms with Crippen molar-refractivity contribution in [2.24, 2.45) is 0 Å². The highest BCUT2D eigenvalue weighted by molar-refractivity contribution is 5.81. The molecular weight excluding hydrogens is 140 g/mol. The molecule has 0 radical (unpaired) electrons. The van der Waals surface area contributed by atoms with Crippen molar-refractivity contribution in [1.82, 2.24) is 9.80 Å². The lowest BCUT2D eigenvalue weighted by atomic mass is 10.2. The quantitative estimate of drug-likeness (QED) is 0.540. The molecule has 0 saturated carbocycles. The maximum atomic E-state index is 11.4. The van der Waals surface area contributed by atoms with E-state index in [-0.39, 0.29) is 11.9 Å². The van der Waals surface area contributed by atoms with Crippen molar-refractivity contribution in [3.8, 4) is 0 Å². The average Bonchev–Trinajstić information content (AvgIpc) is 2.33. The number of carbonyl (C=O) groups excluding carboxylic acids is 1. The second-order valence-electron chi connectivity index (χ2n) is 3.37. The van der Waals surface area contributed by atoms with Gasteiger partial charge in [-0.2, -0.15) is 0 Å². The molecule has 1 amide bonds. The Bertz CT molecular complexity index is 156. The summed E-state index contributed by atoms with van der Waals surface area (Å²) >= 11 is 0. The monoisotopic (exact) mass is 156 g/mol. The Hall–Kier alpha value is -0.570. The van der Waals surface area contributed by atoms with E-state index in [0.29, 0.717) is 0 Å². The summed E-state index contributed by atoms with van der Waals surface area (Å²) in [5, 5.41) is 0. The highest BCUT2D eigenvalue weighted by Gasteiger charge is 2.28. The van der Waals surface area contributed by atoms with E-state index in [9.17, 15) is 4.79 Å². The summed E-state index contributed by atoms with van der Waals surface area (Å²) in [6, 6.07) is 0.144. The topological polar surface area (TPSA) is 23.6 Å². The Morgan fingerprint density at radius 2 is 2.18 bits per heavy atom. The van der Waals surface area contributed by atoms with Crippen LogP contribution >= 0.6 is 0 Å². The molecule has 1 rings (SSSR count). The lowest BCUT2D eigenvalue weighted by molar-refractivity contribution is -0.132. The van der Waals surface area contributed by atoms with Gasteiger partial charge in [0.15, 0.2) is 0 Å². The first kappa shape index (κ1) is 8.53. The van der Waals surface area contributed by atoms with Gasteiger partial charge in [0.1, 0.15) is 0 Å². The van der Waals surface area contributed by atoms with Crippen molar-refractivity contribution in [3.63, 3.8) is 0 Å². The smallest absolute Gasteiger partial charge is 0.239 e. The highest BCUT2D eigenvalue weighted by Crippen LogP contribution is 2.15. The number of likely N-dealkylation sites (tertiary alicyclic amines) is 1. The van der Waals surface area contributed by atoms with Gasteiger partial charge in [-0.3, -0.25) is 9.69 Å². The van der Waals surface area contributed by atoms with Crippen LogP contribution in [-0.4, -0.2) is 49.4 Å². The van der Waals surface area contributed by atoms with Gasteiger partial charge in [0.2, 0.25) is 5.91 Å². The van der Waals surface area contributed by atoms with Crippen LogP contribution in [0.25, 0.3) is 0 Å². The predicted molar refractivity (Wildman–Crippen MR) is 44.3 cm³/mol. The summed E-state index contributed by atoms with van der Waals surface area (Å²) in [6.45, 7) is 1.06. The van der Waals surface area contributed by atoms with E-state index in [4.69, 9.17) is 0 Å². The minimum Gasteiger partial charge on any atom is -0.347 e. The van der Waals surface area contributed by atoms with E-state index in [2.05, 4.69) is 4.90 Å². The van der Waals surface area contributed by atoms with E-state index in [0.717, 1.165) is 19.4 Å². The third-order valence-electron chi connectivity index (χ3n) is 2.25. The van der Waals surface area contributed by atoms with Gasteiger partial charge in [0.25, 0.3) is 0 Å². The first-order chi connectivity index (χ1) is 5.13. The lowest BCUT2D eigenvalue weighted by Gasteiger charge is -2.21. The SMILES string of the molecule is CN(C)C(=O)[C@H]1CCCN1C. The molecule has 1 fully saturated rings. The van der Waals surface area contributed by atoms with E-state index in [1.807, 2.05) is 21.1 Å². The van der Waals surface area contributed by atoms with Crippen molar-refractivity contribution in [2.45, 2.75) is 18.9 Å². The van der Waals surface area contributed by atoms with Gasteiger partial charge in [0.05, 0.1) is 6.04 Å². The van der Waals surface area contributed by atoms with Crippen LogP contribution in [0.4, 0.5) is 0 Å². The van der Waals surface area contributed by atoms with E-state index < -0.39 is 0 Å². The number of amides is 1. The van der Waals surface area contributed by atoms with Gasteiger partial charge in [-0.1, -0.05) is 0 Å². The first-order valence-electron chi connectivity index (χ1n) is 4.04. The fourth-order valence-corrected chi connectivity index (χ4v) is 1.52. The number of rotatable bonds is 1. The molecular formula is C8H16N2O. The Morgan fingerprint density at radius 3 is 2.55 bits per heavy atom. The fourth-order valence-electron chi connectivity index (χ4n) is 1.52. The minimum atomic E-state index is 0.144. The molecule has 64 valence electrons. The summed E-state index contributed by atoms with van der Waals surface area (Å²) in [6.07, 6.45) is 2.17. The van der Waals surface area contributed by atoms with Crippen molar-refractivity contribution in [1.29, 1.82) is 0 Å². The van der Waals surface area contributed by atoms with Gasteiger partial charge in [-0.25, -0.2) is 0 Å². The standard InChI is InChI=1S/C8H16N2O/c1-9(2)8(11)7-5-4-6-10(7)3/h7H,4-6H2,1-3H3/t7-/m1/s1. The number of hydrogen-bond donors (Lipinski definition) is 0. The van der Waals surface area contributed by atoms with Gasteiger partial charge in [0, 0.05) is 14.1 Å². The van der Waals surface area contributed by atoms with Crippen LogP contribution in [0.15, 0.2) is 0 Å². The molecule has 0 aromatic rings. The number of likely N-dealkylation sites (N-methyl/N-ethyl adjacent to an activating group) is 2. The molecule has 0 unspecified atom stereocenters. The number of carbonyl (C=O) groups is 1. The first-order valence-corrected chi connectivity index (χ1v) is 4.04. The molecule has 1 atom stereocenters. The lowest BCUT2D eigenvalue weighted by Crippen LogP contribution is -2.40. The Balaban J connectivity index is 2.53. The molecule has 3 heteroatoms. The molecule has 0 aliphatic carbocycles. The van der Waals surface area contributed by atoms with Crippen molar-refractivity contribution in [3.05, 3.63) is 0 Å². The van der Waals surface area contributed by atoms with Crippen LogP contribution in [0.5, 0.6) is 0 Å². The van der Waals surface area contributed by atoms with Crippen molar-refractivity contribution in [2.75, 3.05) is 27.7 Å². The molecule has 1 heterocycles. The predicted octanol–water partition coefficient (Wildman–Crippen LogP) is 0.169. The number of nitrogens with zero attached hydrogens (tertiary/aromatic N) is 2. The average molecular weight is 156 g/mol. The second kappa shape index (κ2) is 3.22. The molecule has 0 bridgehead atoms. The van der Waals surface area contributed by atoms with Gasteiger partial charge in [-0.05, 0) is 26.4 Å². The van der Waals surface area contributed by atoms with Crippen LogP contribution in [-0.2, 0) is 4.79 Å². The maximum absolute atomic E-state index is 11.4. The molecule has 0 N–H and O–H groups in total. The molecule has 3 nitrogen and oxygen atoms in total. The molecule has 11 heavy (non-hydrogen) atoms. The molecule has 0 spiro atoms. The Labute approximate surface area is 68.0 Å². The normalized spacial score (nSPS) is 25.5. The van der Waals surface area contributed by atoms with E-state index in [1.54, 1.807) is 4.90 Å². The van der Waals surface area contributed by atoms with Gasteiger partial charge >= 0.3 is 0 Å². The third-order valence-corrected chi connectivity index (χ3v) is 2.25. The summed E-state index contributed by atoms with van der Waals surface area (Å²) in [7, 11) is 5.64. The van der Waals surface area contributed by atoms with Gasteiger partial charge in [-0.15, -0.1) is 0 Å². The third kappa shape index (κ3) is 1.71. The van der Waals surface area contributed by atoms with E-state index in [1.165, 1.54) is 0 Å². The van der Waals surface area contributed by atoms with Crippen molar-refractivity contribution >= 4 is 5.91 Å². The van der Waals surface area contributed by atoms with Crippen LogP contribution in [0.2, 0.25) is 0 Å². The molecule has 0 aromatic heterocycles. The number of hydrogen-bond acceptors (Lipinski definition) is 2. The van der Waals surface area contributed by atoms with Crippen LogP contribution < -0.4 is 0 Å². The molecule has 0 aromatic carbocycles. The molecule has 1 aliphatic rings. The van der Waals surface area contributed by atoms with Crippen molar-refractivity contribution < 1.29 is 4.79 Å². The summed E-state index contributed by atoms with van der Waals surface area (Å²) in [5.41, 5.74) is 0. The molecule has 1 aliphatic heterocycles. The van der Waals surface area contributed by atoms with Gasteiger partial charge < -0.3 is 4.90 Å². The van der Waals surface area contributed by atoms with Crippen LogP contribution in [0.1, 0.15) is 12.8 Å². The summed E-state index contributed by atoms with van der Waals surface area (Å²) < 4.78 is 0. The Morgan fingerprint density at radius 1 is 1.55 bits per heavy atom. The highest BCUT2D eigenvalue weighted by atomic mass is 16.2. The van der Waals surface area contributed by atoms with Crippen LogP contribution in [0, 0.1) is 0 Å². The maximum Gasteiger partial charge on any atom is 0.239 e. The molecule has 1 saturated heterocycles.